The lowest BCUT2D eigenvalue weighted by Gasteiger charge is -2.35. The molecular weight excluding hydrogens is 370 g/mol. The molecule has 0 radical (unpaired) electrons. The van der Waals surface area contributed by atoms with E-state index in [9.17, 15) is 9.59 Å². The summed E-state index contributed by atoms with van der Waals surface area (Å²) < 4.78 is 0.968. The lowest BCUT2D eigenvalue weighted by molar-refractivity contribution is -0.134. The van der Waals surface area contributed by atoms with Gasteiger partial charge in [-0.15, -0.1) is 0 Å². The van der Waals surface area contributed by atoms with Crippen LogP contribution in [0.1, 0.15) is 44.7 Å². The molecule has 1 aliphatic rings. The summed E-state index contributed by atoms with van der Waals surface area (Å²) in [4.78, 5) is 26.1. The van der Waals surface area contributed by atoms with E-state index in [1.807, 2.05) is 36.1 Å². The third-order valence-corrected chi connectivity index (χ3v) is 5.11. The fraction of sp³-hybridized carbons (Fsp3) is 0.556. The molecule has 1 saturated heterocycles. The van der Waals surface area contributed by atoms with Gasteiger partial charge in [-0.05, 0) is 43.4 Å². The summed E-state index contributed by atoms with van der Waals surface area (Å²) >= 11 is 3.40. The zero-order valence-electron chi connectivity index (χ0n) is 14.3. The van der Waals surface area contributed by atoms with Crippen LogP contribution in [0.5, 0.6) is 0 Å². The molecule has 5 nitrogen and oxygen atoms in total. The van der Waals surface area contributed by atoms with Gasteiger partial charge in [0, 0.05) is 30.5 Å². The first-order chi connectivity index (χ1) is 11.4. The lowest BCUT2D eigenvalue weighted by Crippen LogP contribution is -2.46. The number of halogens is 1. The summed E-state index contributed by atoms with van der Waals surface area (Å²) in [6, 6.07) is 7.48. The number of amides is 2. The molecule has 0 saturated carbocycles. The van der Waals surface area contributed by atoms with Crippen molar-refractivity contribution >= 4 is 27.7 Å². The van der Waals surface area contributed by atoms with Gasteiger partial charge >= 0.3 is 0 Å². The van der Waals surface area contributed by atoms with Crippen LogP contribution in [0.25, 0.3) is 0 Å². The normalized spacial score (nSPS) is 20.3. The van der Waals surface area contributed by atoms with Gasteiger partial charge in [-0.2, -0.15) is 0 Å². The Hall–Kier alpha value is -1.40. The second kappa shape index (κ2) is 8.62. The third kappa shape index (κ3) is 5.31. The molecule has 24 heavy (non-hydrogen) atoms. The van der Waals surface area contributed by atoms with Crippen molar-refractivity contribution < 1.29 is 9.59 Å². The average molecular weight is 396 g/mol. The number of hydrogen-bond donors (Lipinski definition) is 2. The fourth-order valence-corrected chi connectivity index (χ4v) is 3.43. The van der Waals surface area contributed by atoms with E-state index in [1.165, 1.54) is 6.92 Å². The molecule has 1 aliphatic heterocycles. The van der Waals surface area contributed by atoms with E-state index in [-0.39, 0.29) is 30.3 Å². The van der Waals surface area contributed by atoms with E-state index in [1.54, 1.807) is 0 Å². The molecule has 1 aromatic carbocycles. The quantitative estimate of drug-likeness (QED) is 0.804. The number of carbonyl (C=O) groups is 2. The van der Waals surface area contributed by atoms with Crippen LogP contribution in [0.15, 0.2) is 28.7 Å². The Morgan fingerprint density at radius 3 is 2.62 bits per heavy atom. The molecule has 0 spiro atoms. The maximum absolute atomic E-state index is 12.7. The molecule has 0 aliphatic carbocycles. The summed E-state index contributed by atoms with van der Waals surface area (Å²) in [5.74, 6) is 0.291. The molecule has 1 heterocycles. The fourth-order valence-electron chi connectivity index (χ4n) is 3.16. The average Bonchev–Trinajstić information content (AvgIpc) is 2.54. The van der Waals surface area contributed by atoms with Gasteiger partial charge in [-0.25, -0.2) is 0 Å². The smallest absolute Gasteiger partial charge is 0.224 e. The van der Waals surface area contributed by atoms with Crippen LogP contribution in [0, 0.1) is 5.92 Å². The summed E-state index contributed by atoms with van der Waals surface area (Å²) in [6.07, 6.45) is 2.33. The van der Waals surface area contributed by atoms with Crippen LogP contribution in [0.2, 0.25) is 0 Å². The molecule has 132 valence electrons. The first-order valence-corrected chi connectivity index (χ1v) is 9.22. The van der Waals surface area contributed by atoms with Gasteiger partial charge in [0.15, 0.2) is 0 Å². The number of piperidine rings is 1. The van der Waals surface area contributed by atoms with Crippen LogP contribution in [0.3, 0.4) is 0 Å². The largest absolute Gasteiger partial charge is 0.349 e. The van der Waals surface area contributed by atoms with Gasteiger partial charge in [0.05, 0.1) is 12.5 Å². The Balaban J connectivity index is 2.06. The number of nitrogens with one attached hydrogen (secondary N) is 1. The number of nitrogens with two attached hydrogens (primary N) is 1. The van der Waals surface area contributed by atoms with Crippen LogP contribution in [-0.2, 0) is 9.59 Å². The molecule has 6 heteroatoms. The summed E-state index contributed by atoms with van der Waals surface area (Å²) in [7, 11) is 0. The third-order valence-electron chi connectivity index (χ3n) is 4.58. The van der Waals surface area contributed by atoms with Crippen LogP contribution in [-0.4, -0.2) is 35.8 Å². The van der Waals surface area contributed by atoms with Crippen molar-refractivity contribution in [3.8, 4) is 0 Å². The summed E-state index contributed by atoms with van der Waals surface area (Å²) in [6.45, 7) is 4.96. The molecule has 0 aromatic heterocycles. The Morgan fingerprint density at radius 1 is 1.38 bits per heavy atom. The predicted molar refractivity (Wildman–Crippen MR) is 98.3 cm³/mol. The summed E-state index contributed by atoms with van der Waals surface area (Å²) in [5.41, 5.74) is 6.94. The van der Waals surface area contributed by atoms with Crippen molar-refractivity contribution in [1.29, 1.82) is 0 Å². The topological polar surface area (TPSA) is 75.4 Å². The minimum absolute atomic E-state index is 0.0713. The SMILES string of the molecule is CC(=O)N[C@H](CC(=O)N1CCC[C@H]([C@H](C)N)C1)c1ccc(Br)cc1. The maximum atomic E-state index is 12.7. The minimum atomic E-state index is -0.307. The van der Waals surface area contributed by atoms with Crippen LogP contribution >= 0.6 is 15.9 Å². The highest BCUT2D eigenvalue weighted by Crippen LogP contribution is 2.24. The van der Waals surface area contributed by atoms with Gasteiger partial charge in [0.2, 0.25) is 11.8 Å². The highest BCUT2D eigenvalue weighted by Gasteiger charge is 2.27. The molecule has 3 atom stereocenters. The molecule has 3 N–H and O–H groups in total. The first kappa shape index (κ1) is 18.9. The van der Waals surface area contributed by atoms with Gasteiger partial charge in [-0.3, -0.25) is 9.59 Å². The van der Waals surface area contributed by atoms with E-state index in [2.05, 4.69) is 21.2 Å². The number of benzene rings is 1. The predicted octanol–water partition coefficient (Wildman–Crippen LogP) is 2.60. The second-order valence-electron chi connectivity index (χ2n) is 6.61. The van der Waals surface area contributed by atoms with Crippen molar-refractivity contribution in [1.82, 2.24) is 10.2 Å². The zero-order chi connectivity index (χ0) is 17.7. The highest BCUT2D eigenvalue weighted by atomic mass is 79.9. The van der Waals surface area contributed by atoms with E-state index in [0.717, 1.165) is 29.4 Å². The van der Waals surface area contributed by atoms with Crippen LogP contribution in [0.4, 0.5) is 0 Å². The molecule has 1 aromatic rings. The Morgan fingerprint density at radius 2 is 2.04 bits per heavy atom. The molecule has 2 amide bonds. The maximum Gasteiger partial charge on any atom is 0.224 e. The summed E-state index contributed by atoms with van der Waals surface area (Å²) in [5, 5.41) is 2.89. The standard InChI is InChI=1S/C18H26BrN3O2/c1-12(20)15-4-3-9-22(11-15)18(24)10-17(21-13(2)23)14-5-7-16(19)8-6-14/h5-8,12,15,17H,3-4,9-11,20H2,1-2H3,(H,21,23)/t12-,15-,17+/m0/s1. The van der Waals surface area contributed by atoms with Crippen molar-refractivity contribution in [3.05, 3.63) is 34.3 Å². The van der Waals surface area contributed by atoms with E-state index < -0.39 is 0 Å². The van der Waals surface area contributed by atoms with E-state index in [4.69, 9.17) is 5.73 Å². The number of hydrogen-bond acceptors (Lipinski definition) is 3. The molecule has 0 unspecified atom stereocenters. The van der Waals surface area contributed by atoms with Gasteiger partial charge in [0.25, 0.3) is 0 Å². The highest BCUT2D eigenvalue weighted by molar-refractivity contribution is 9.10. The number of rotatable bonds is 5. The van der Waals surface area contributed by atoms with Gasteiger partial charge < -0.3 is 16.0 Å². The molecule has 2 rings (SSSR count). The molecule has 0 bridgehead atoms. The first-order valence-electron chi connectivity index (χ1n) is 8.42. The van der Waals surface area contributed by atoms with E-state index >= 15 is 0 Å². The Bertz CT molecular complexity index is 574. The zero-order valence-corrected chi connectivity index (χ0v) is 15.9. The van der Waals surface area contributed by atoms with Gasteiger partial charge in [0.1, 0.15) is 0 Å². The van der Waals surface area contributed by atoms with Crippen LogP contribution < -0.4 is 11.1 Å². The number of likely N-dealkylation sites (tertiary alicyclic amines) is 1. The Labute approximate surface area is 152 Å². The monoisotopic (exact) mass is 395 g/mol. The van der Waals surface area contributed by atoms with Gasteiger partial charge in [-0.1, -0.05) is 28.1 Å². The van der Waals surface area contributed by atoms with Crippen molar-refractivity contribution in [3.63, 3.8) is 0 Å². The number of nitrogens with zero attached hydrogens (tertiary/aromatic N) is 1. The lowest BCUT2D eigenvalue weighted by atomic mass is 9.91. The Kier molecular flexibility index (Phi) is 6.80. The molecular formula is C18H26BrN3O2. The number of carbonyl (C=O) groups excluding carboxylic acids is 2. The van der Waals surface area contributed by atoms with Crippen molar-refractivity contribution in [2.75, 3.05) is 13.1 Å². The van der Waals surface area contributed by atoms with E-state index in [0.29, 0.717) is 12.5 Å². The molecule has 1 fully saturated rings. The minimum Gasteiger partial charge on any atom is -0.349 e. The van der Waals surface area contributed by atoms with Crippen molar-refractivity contribution in [2.45, 2.75) is 45.2 Å². The van der Waals surface area contributed by atoms with Crippen molar-refractivity contribution in [2.24, 2.45) is 11.7 Å². The second-order valence-corrected chi connectivity index (χ2v) is 7.53.